The third-order valence-corrected chi connectivity index (χ3v) is 4.52. The molecule has 1 aliphatic heterocycles. The standard InChI is InChI=1S/C18H31F3N4O2/c1-6-7-15(8-18(19,20)21)22-16(26)17(27)25-11-13(9-23(2)3)14(12-25)10-24(4)5/h6,13-15H,1,7-12H2,2-5H3,(H,22,26)/t13-,14-,15?/m1/s1. The number of rotatable bonds is 8. The number of nitrogens with one attached hydrogen (secondary N) is 1. The summed E-state index contributed by atoms with van der Waals surface area (Å²) in [6, 6.07) is -1.18. The second-order valence-electron chi connectivity index (χ2n) is 7.77. The van der Waals surface area contributed by atoms with Crippen LogP contribution in [0.5, 0.6) is 0 Å². The van der Waals surface area contributed by atoms with Crippen molar-refractivity contribution < 1.29 is 22.8 Å². The van der Waals surface area contributed by atoms with Crippen LogP contribution in [0.15, 0.2) is 12.7 Å². The van der Waals surface area contributed by atoms with Gasteiger partial charge in [0.25, 0.3) is 0 Å². The van der Waals surface area contributed by atoms with Crippen LogP contribution in [0.2, 0.25) is 0 Å². The Kier molecular flexibility index (Phi) is 8.74. The zero-order chi connectivity index (χ0) is 20.8. The van der Waals surface area contributed by atoms with Crippen molar-refractivity contribution in [3.8, 4) is 0 Å². The lowest BCUT2D eigenvalue weighted by Gasteiger charge is -2.24. The van der Waals surface area contributed by atoms with E-state index in [1.54, 1.807) is 0 Å². The van der Waals surface area contributed by atoms with Crippen molar-refractivity contribution in [3.05, 3.63) is 12.7 Å². The maximum absolute atomic E-state index is 12.6. The number of halogens is 3. The Bertz CT molecular complexity index is 505. The summed E-state index contributed by atoms with van der Waals surface area (Å²) in [5.74, 6) is -1.34. The summed E-state index contributed by atoms with van der Waals surface area (Å²) < 4.78 is 37.9. The molecule has 0 radical (unpaired) electrons. The summed E-state index contributed by atoms with van der Waals surface area (Å²) in [7, 11) is 7.78. The van der Waals surface area contributed by atoms with Crippen LogP contribution in [-0.2, 0) is 9.59 Å². The smallest absolute Gasteiger partial charge is 0.344 e. The lowest BCUT2D eigenvalue weighted by atomic mass is 9.95. The lowest BCUT2D eigenvalue weighted by Crippen LogP contribution is -2.47. The Morgan fingerprint density at radius 2 is 1.63 bits per heavy atom. The van der Waals surface area contributed by atoms with Gasteiger partial charge < -0.3 is 20.0 Å². The van der Waals surface area contributed by atoms with Gasteiger partial charge in [0.05, 0.1) is 6.42 Å². The minimum absolute atomic E-state index is 0.0506. The van der Waals surface area contributed by atoms with Crippen LogP contribution < -0.4 is 5.32 Å². The summed E-state index contributed by atoms with van der Waals surface area (Å²) in [4.78, 5) is 30.2. The van der Waals surface area contributed by atoms with E-state index < -0.39 is 30.5 Å². The SMILES string of the molecule is C=CCC(CC(F)(F)F)NC(=O)C(=O)N1C[C@@H](CN(C)C)[C@H](CN(C)C)C1. The molecule has 3 atom stereocenters. The van der Waals surface area contributed by atoms with Crippen LogP contribution in [0.3, 0.4) is 0 Å². The molecule has 156 valence electrons. The number of carbonyl (C=O) groups is 2. The van der Waals surface area contributed by atoms with E-state index in [1.165, 1.54) is 11.0 Å². The van der Waals surface area contributed by atoms with Crippen molar-refractivity contribution in [2.24, 2.45) is 11.8 Å². The summed E-state index contributed by atoms with van der Waals surface area (Å²) >= 11 is 0. The zero-order valence-corrected chi connectivity index (χ0v) is 16.6. The molecule has 1 heterocycles. The lowest BCUT2D eigenvalue weighted by molar-refractivity contribution is -0.150. The molecule has 1 unspecified atom stereocenters. The second kappa shape index (κ2) is 10.1. The van der Waals surface area contributed by atoms with E-state index in [1.807, 2.05) is 38.0 Å². The van der Waals surface area contributed by atoms with E-state index in [4.69, 9.17) is 0 Å². The number of likely N-dealkylation sites (tertiary alicyclic amines) is 1. The maximum atomic E-state index is 12.6. The van der Waals surface area contributed by atoms with Gasteiger partial charge in [0, 0.05) is 32.2 Å². The molecule has 0 bridgehead atoms. The van der Waals surface area contributed by atoms with Gasteiger partial charge in [0.2, 0.25) is 0 Å². The van der Waals surface area contributed by atoms with Gasteiger partial charge in [-0.25, -0.2) is 0 Å². The van der Waals surface area contributed by atoms with Crippen LogP contribution >= 0.6 is 0 Å². The van der Waals surface area contributed by atoms with Gasteiger partial charge in [0.15, 0.2) is 0 Å². The van der Waals surface area contributed by atoms with Crippen LogP contribution in [0.1, 0.15) is 12.8 Å². The number of hydrogen-bond donors (Lipinski definition) is 1. The van der Waals surface area contributed by atoms with Crippen molar-refractivity contribution >= 4 is 11.8 Å². The van der Waals surface area contributed by atoms with Gasteiger partial charge >= 0.3 is 18.0 Å². The number of carbonyl (C=O) groups excluding carboxylic acids is 2. The quantitative estimate of drug-likeness (QED) is 0.498. The molecule has 0 aromatic heterocycles. The fraction of sp³-hybridized carbons (Fsp3) is 0.778. The summed E-state index contributed by atoms with van der Waals surface area (Å²) in [5, 5.41) is 2.22. The molecular formula is C18H31F3N4O2. The largest absolute Gasteiger partial charge is 0.391 e. The van der Waals surface area contributed by atoms with E-state index in [9.17, 15) is 22.8 Å². The fourth-order valence-corrected chi connectivity index (χ4v) is 3.52. The molecule has 0 aromatic carbocycles. The predicted molar refractivity (Wildman–Crippen MR) is 98.1 cm³/mol. The first kappa shape index (κ1) is 23.4. The molecule has 0 aliphatic carbocycles. The maximum Gasteiger partial charge on any atom is 0.391 e. The highest BCUT2D eigenvalue weighted by Gasteiger charge is 2.39. The molecule has 0 spiro atoms. The van der Waals surface area contributed by atoms with Crippen molar-refractivity contribution in [1.82, 2.24) is 20.0 Å². The van der Waals surface area contributed by atoms with Crippen LogP contribution in [0.4, 0.5) is 13.2 Å². The molecule has 1 fully saturated rings. The van der Waals surface area contributed by atoms with Gasteiger partial charge in [-0.3, -0.25) is 9.59 Å². The average molecular weight is 392 g/mol. The Labute approximate surface area is 159 Å². The van der Waals surface area contributed by atoms with Crippen molar-refractivity contribution in [2.45, 2.75) is 25.1 Å². The molecule has 6 nitrogen and oxygen atoms in total. The molecule has 1 saturated heterocycles. The molecular weight excluding hydrogens is 361 g/mol. The minimum Gasteiger partial charge on any atom is -0.344 e. The number of hydrogen-bond acceptors (Lipinski definition) is 4. The van der Waals surface area contributed by atoms with E-state index in [2.05, 4.69) is 11.9 Å². The molecule has 2 amide bonds. The number of amides is 2. The first-order valence-corrected chi connectivity index (χ1v) is 8.99. The average Bonchev–Trinajstić information content (AvgIpc) is 2.86. The van der Waals surface area contributed by atoms with Gasteiger partial charge in [-0.15, -0.1) is 6.58 Å². The second-order valence-corrected chi connectivity index (χ2v) is 7.77. The van der Waals surface area contributed by atoms with Crippen molar-refractivity contribution in [3.63, 3.8) is 0 Å². The highest BCUT2D eigenvalue weighted by molar-refractivity contribution is 6.35. The van der Waals surface area contributed by atoms with Gasteiger partial charge in [0.1, 0.15) is 0 Å². The molecule has 1 N–H and O–H groups in total. The molecule has 0 aromatic rings. The summed E-state index contributed by atoms with van der Waals surface area (Å²) in [5.41, 5.74) is 0. The van der Waals surface area contributed by atoms with Crippen LogP contribution in [0.25, 0.3) is 0 Å². The van der Waals surface area contributed by atoms with Gasteiger partial charge in [-0.05, 0) is 46.4 Å². The van der Waals surface area contributed by atoms with Crippen LogP contribution in [0, 0.1) is 11.8 Å². The molecule has 1 rings (SSSR count). The first-order chi connectivity index (χ1) is 12.4. The minimum atomic E-state index is -4.43. The third kappa shape index (κ3) is 8.30. The van der Waals surface area contributed by atoms with E-state index in [0.29, 0.717) is 13.1 Å². The fourth-order valence-electron chi connectivity index (χ4n) is 3.52. The summed E-state index contributed by atoms with van der Waals surface area (Å²) in [6.07, 6.45) is -4.36. The van der Waals surface area contributed by atoms with E-state index in [-0.39, 0.29) is 18.3 Å². The highest BCUT2D eigenvalue weighted by atomic mass is 19.4. The molecule has 0 saturated carbocycles. The predicted octanol–water partition coefficient (Wildman–Crippen LogP) is 1.20. The first-order valence-electron chi connectivity index (χ1n) is 8.99. The van der Waals surface area contributed by atoms with Crippen molar-refractivity contribution in [2.75, 3.05) is 54.4 Å². The zero-order valence-electron chi connectivity index (χ0n) is 16.6. The van der Waals surface area contributed by atoms with Crippen molar-refractivity contribution in [1.29, 1.82) is 0 Å². The summed E-state index contributed by atoms with van der Waals surface area (Å²) in [6.45, 7) is 5.81. The van der Waals surface area contributed by atoms with Gasteiger partial charge in [-0.2, -0.15) is 13.2 Å². The molecule has 27 heavy (non-hydrogen) atoms. The Balaban J connectivity index is 2.75. The number of nitrogens with zero attached hydrogens (tertiary/aromatic N) is 3. The Hall–Kier alpha value is -1.61. The van der Waals surface area contributed by atoms with Gasteiger partial charge in [-0.1, -0.05) is 6.08 Å². The Morgan fingerprint density at radius 3 is 2.00 bits per heavy atom. The third-order valence-electron chi connectivity index (χ3n) is 4.52. The number of alkyl halides is 3. The highest BCUT2D eigenvalue weighted by Crippen LogP contribution is 2.25. The monoisotopic (exact) mass is 392 g/mol. The topological polar surface area (TPSA) is 55.9 Å². The van der Waals surface area contributed by atoms with Crippen LogP contribution in [-0.4, -0.2) is 93.1 Å². The van der Waals surface area contributed by atoms with E-state index >= 15 is 0 Å². The van der Waals surface area contributed by atoms with E-state index in [0.717, 1.165) is 13.1 Å². The molecule has 1 aliphatic rings. The Morgan fingerprint density at radius 1 is 1.15 bits per heavy atom. The normalized spacial score (nSPS) is 21.6. The molecule has 9 heteroatoms.